The monoisotopic (exact) mass is 371 g/mol. The number of hydrogen-bond donors (Lipinski definition) is 2. The number of anilines is 3. The fourth-order valence-electron chi connectivity index (χ4n) is 3.20. The number of rotatable bonds is 4. The fraction of sp³-hybridized carbons (Fsp3) is 0.389. The van der Waals surface area contributed by atoms with Crippen molar-refractivity contribution in [3.05, 3.63) is 40.3 Å². The second kappa shape index (κ2) is 7.05. The van der Waals surface area contributed by atoms with E-state index in [1.54, 1.807) is 24.5 Å². The number of aromatic amines is 1. The van der Waals surface area contributed by atoms with Gasteiger partial charge in [-0.15, -0.1) is 0 Å². The minimum atomic E-state index is -0.135. The number of aromatic nitrogens is 3. The molecule has 0 radical (unpaired) electrons. The molecule has 0 spiro atoms. The third-order valence-electron chi connectivity index (χ3n) is 4.56. The van der Waals surface area contributed by atoms with E-state index in [4.69, 9.17) is 9.72 Å². The molecule has 0 bridgehead atoms. The summed E-state index contributed by atoms with van der Waals surface area (Å²) in [5, 5.41) is 4.17. The van der Waals surface area contributed by atoms with Gasteiger partial charge in [0.05, 0.1) is 16.3 Å². The zero-order chi connectivity index (χ0) is 18.1. The van der Waals surface area contributed by atoms with Crippen molar-refractivity contribution in [3.63, 3.8) is 0 Å². The van der Waals surface area contributed by atoms with Crippen LogP contribution in [-0.2, 0) is 4.74 Å². The maximum absolute atomic E-state index is 11.6. The van der Waals surface area contributed by atoms with Gasteiger partial charge in [-0.3, -0.25) is 4.79 Å². The fourth-order valence-corrected chi connectivity index (χ4v) is 4.16. The second-order valence-electron chi connectivity index (χ2n) is 6.52. The number of fused-ring (bicyclic) bond motifs is 1. The molecule has 3 aromatic heterocycles. The van der Waals surface area contributed by atoms with E-state index in [1.807, 2.05) is 25.3 Å². The Labute approximate surface area is 155 Å². The molecule has 0 atom stereocenters. The molecule has 0 amide bonds. The first-order valence-electron chi connectivity index (χ1n) is 8.63. The molecule has 136 valence electrons. The van der Waals surface area contributed by atoms with E-state index < -0.39 is 0 Å². The Kier molecular flexibility index (Phi) is 4.60. The molecule has 0 aromatic carbocycles. The molecular weight excluding hydrogens is 350 g/mol. The smallest absolute Gasteiger partial charge is 0.249 e. The number of piperidine rings is 1. The number of H-pyrrole nitrogens is 1. The molecule has 3 aromatic rings. The number of pyridine rings is 2. The van der Waals surface area contributed by atoms with Crippen molar-refractivity contribution in [1.82, 2.24) is 15.0 Å². The molecule has 0 aliphatic carbocycles. The summed E-state index contributed by atoms with van der Waals surface area (Å²) in [6.45, 7) is 3.80. The Morgan fingerprint density at radius 2 is 2.12 bits per heavy atom. The van der Waals surface area contributed by atoms with E-state index in [0.29, 0.717) is 17.7 Å². The average molecular weight is 371 g/mol. The highest BCUT2D eigenvalue weighted by molar-refractivity contribution is 7.22. The largest absolute Gasteiger partial charge is 0.381 e. The summed E-state index contributed by atoms with van der Waals surface area (Å²) in [5.41, 5.74) is 1.67. The van der Waals surface area contributed by atoms with E-state index in [-0.39, 0.29) is 5.56 Å². The Bertz CT molecular complexity index is 975. The predicted molar refractivity (Wildman–Crippen MR) is 105 cm³/mol. The summed E-state index contributed by atoms with van der Waals surface area (Å²) < 4.78 is 6.49. The van der Waals surface area contributed by atoms with Crippen LogP contribution in [0.15, 0.2) is 29.2 Å². The summed E-state index contributed by atoms with van der Waals surface area (Å²) >= 11 is 1.66. The van der Waals surface area contributed by atoms with Crippen LogP contribution >= 0.6 is 11.3 Å². The van der Waals surface area contributed by atoms with Gasteiger partial charge >= 0.3 is 0 Å². The molecule has 1 aliphatic heterocycles. The Morgan fingerprint density at radius 3 is 2.85 bits per heavy atom. The maximum atomic E-state index is 11.6. The first kappa shape index (κ1) is 17.0. The van der Waals surface area contributed by atoms with Gasteiger partial charge in [-0.05, 0) is 31.4 Å². The van der Waals surface area contributed by atoms with Crippen LogP contribution in [0.5, 0.6) is 0 Å². The van der Waals surface area contributed by atoms with Crippen molar-refractivity contribution < 1.29 is 4.74 Å². The summed E-state index contributed by atoms with van der Waals surface area (Å²) in [4.78, 5) is 25.9. The number of nitrogens with one attached hydrogen (secondary N) is 2. The Hall–Kier alpha value is -2.45. The number of nitrogens with zero attached hydrogens (tertiary/aromatic N) is 3. The van der Waals surface area contributed by atoms with Crippen LogP contribution in [-0.4, -0.2) is 41.3 Å². The molecule has 1 fully saturated rings. The molecule has 4 rings (SSSR count). The number of methoxy groups -OCH3 is 1. The van der Waals surface area contributed by atoms with Crippen LogP contribution in [0.3, 0.4) is 0 Å². The van der Waals surface area contributed by atoms with Gasteiger partial charge in [-0.2, -0.15) is 0 Å². The van der Waals surface area contributed by atoms with E-state index in [1.165, 1.54) is 0 Å². The van der Waals surface area contributed by atoms with E-state index in [9.17, 15) is 4.79 Å². The lowest BCUT2D eigenvalue weighted by Crippen LogP contribution is -2.36. The third-order valence-corrected chi connectivity index (χ3v) is 5.63. The lowest BCUT2D eigenvalue weighted by atomic mass is 10.1. The van der Waals surface area contributed by atoms with Crippen molar-refractivity contribution in [2.24, 2.45) is 0 Å². The van der Waals surface area contributed by atoms with Crippen LogP contribution in [0, 0.1) is 6.92 Å². The molecule has 0 saturated carbocycles. The highest BCUT2D eigenvalue weighted by Gasteiger charge is 2.21. The van der Waals surface area contributed by atoms with Gasteiger partial charge in [0, 0.05) is 38.5 Å². The SMILES string of the molecule is COC1CCN(c2nc3cc(Nc4cc(C)cc(=O)[nH]4)ncc3s2)CC1. The molecule has 7 nitrogen and oxygen atoms in total. The van der Waals surface area contributed by atoms with Gasteiger partial charge in [0.15, 0.2) is 5.13 Å². The second-order valence-corrected chi connectivity index (χ2v) is 7.53. The van der Waals surface area contributed by atoms with Gasteiger partial charge in [0.1, 0.15) is 11.6 Å². The van der Waals surface area contributed by atoms with Crippen LogP contribution in [0.25, 0.3) is 10.2 Å². The molecule has 26 heavy (non-hydrogen) atoms. The average Bonchev–Trinajstić information content (AvgIpc) is 3.04. The number of aryl methyl sites for hydroxylation is 1. The lowest BCUT2D eigenvalue weighted by molar-refractivity contribution is 0.0819. The minimum absolute atomic E-state index is 0.135. The normalized spacial score (nSPS) is 15.5. The summed E-state index contributed by atoms with van der Waals surface area (Å²) in [6, 6.07) is 5.35. The van der Waals surface area contributed by atoms with Crippen LogP contribution < -0.4 is 15.8 Å². The van der Waals surface area contributed by atoms with Crippen molar-refractivity contribution in [2.75, 3.05) is 30.4 Å². The highest BCUT2D eigenvalue weighted by Crippen LogP contribution is 2.31. The number of thiazole rings is 1. The van der Waals surface area contributed by atoms with Gasteiger partial charge in [-0.1, -0.05) is 11.3 Å². The Morgan fingerprint density at radius 1 is 1.31 bits per heavy atom. The van der Waals surface area contributed by atoms with E-state index >= 15 is 0 Å². The molecule has 8 heteroatoms. The molecular formula is C18H21N5O2S. The third kappa shape index (κ3) is 3.56. The van der Waals surface area contributed by atoms with Crippen LogP contribution in [0.2, 0.25) is 0 Å². The van der Waals surface area contributed by atoms with Gasteiger partial charge in [0.25, 0.3) is 0 Å². The van der Waals surface area contributed by atoms with E-state index in [0.717, 1.165) is 46.8 Å². The molecule has 4 heterocycles. The number of ether oxygens (including phenoxy) is 1. The molecule has 1 aliphatic rings. The van der Waals surface area contributed by atoms with Crippen molar-refractivity contribution >= 4 is 38.3 Å². The topological polar surface area (TPSA) is 83.1 Å². The van der Waals surface area contributed by atoms with Crippen molar-refractivity contribution in [3.8, 4) is 0 Å². The molecule has 2 N–H and O–H groups in total. The van der Waals surface area contributed by atoms with Gasteiger partial charge in [0.2, 0.25) is 5.56 Å². The summed E-state index contributed by atoms with van der Waals surface area (Å²) in [7, 11) is 1.78. The van der Waals surface area contributed by atoms with Crippen LogP contribution in [0.4, 0.5) is 16.8 Å². The predicted octanol–water partition coefficient (Wildman–Crippen LogP) is 3.05. The highest BCUT2D eigenvalue weighted by atomic mass is 32.1. The Balaban J connectivity index is 1.55. The van der Waals surface area contributed by atoms with Crippen molar-refractivity contribution in [1.29, 1.82) is 0 Å². The number of hydrogen-bond acceptors (Lipinski definition) is 7. The molecule has 1 saturated heterocycles. The summed E-state index contributed by atoms with van der Waals surface area (Å²) in [5.74, 6) is 1.28. The zero-order valence-electron chi connectivity index (χ0n) is 14.8. The standard InChI is InChI=1S/C18H21N5O2S/c1-11-7-16(22-17(24)8-11)21-15-9-13-14(10-19-15)26-18(20-13)23-5-3-12(25-2)4-6-23/h7-10,12H,3-6H2,1-2H3,(H2,19,21,22,24). The maximum Gasteiger partial charge on any atom is 0.249 e. The molecule has 0 unspecified atom stereocenters. The van der Waals surface area contributed by atoms with Gasteiger partial charge in [-0.25, -0.2) is 9.97 Å². The first-order valence-corrected chi connectivity index (χ1v) is 9.45. The van der Waals surface area contributed by atoms with Crippen molar-refractivity contribution in [2.45, 2.75) is 25.9 Å². The first-order chi connectivity index (χ1) is 12.6. The van der Waals surface area contributed by atoms with Gasteiger partial charge < -0.3 is 19.9 Å². The lowest BCUT2D eigenvalue weighted by Gasteiger charge is -2.30. The van der Waals surface area contributed by atoms with Crippen LogP contribution in [0.1, 0.15) is 18.4 Å². The quantitative estimate of drug-likeness (QED) is 0.733. The zero-order valence-corrected chi connectivity index (χ0v) is 15.6. The van der Waals surface area contributed by atoms with E-state index in [2.05, 4.69) is 20.2 Å². The minimum Gasteiger partial charge on any atom is -0.381 e. The summed E-state index contributed by atoms with van der Waals surface area (Å²) in [6.07, 6.45) is 4.24.